The van der Waals surface area contributed by atoms with Crippen LogP contribution >= 0.6 is 0 Å². The van der Waals surface area contributed by atoms with Crippen LogP contribution in [0.5, 0.6) is 0 Å². The van der Waals surface area contributed by atoms with Gasteiger partial charge in [-0.3, -0.25) is 0 Å². The van der Waals surface area contributed by atoms with Crippen molar-refractivity contribution in [1.29, 1.82) is 0 Å². The smallest absolute Gasteiger partial charge is 0.140 e. The molecule has 1 N–H and O–H groups in total. The fourth-order valence-electron chi connectivity index (χ4n) is 3.23. The zero-order valence-electron chi connectivity index (χ0n) is 11.8. The van der Waals surface area contributed by atoms with E-state index in [2.05, 4.69) is 47.1 Å². The van der Waals surface area contributed by atoms with Gasteiger partial charge in [0.25, 0.3) is 0 Å². The van der Waals surface area contributed by atoms with Crippen LogP contribution in [0.1, 0.15) is 25.5 Å². The molecule has 1 aliphatic heterocycles. The fraction of sp³-hybridized carbons (Fsp3) is 0.353. The molecule has 3 aromatic rings. The van der Waals surface area contributed by atoms with Crippen LogP contribution in [0.2, 0.25) is 0 Å². The number of hydrogen-bond acceptors (Lipinski definition) is 2. The molecule has 1 fully saturated rings. The third kappa shape index (κ3) is 1.69. The number of rotatable bonds is 2. The number of hydrogen-bond donors (Lipinski definition) is 1. The highest BCUT2D eigenvalue weighted by molar-refractivity contribution is 6.09. The Balaban J connectivity index is 2.04. The summed E-state index contributed by atoms with van der Waals surface area (Å²) in [6.45, 7) is 4.43. The number of H-pyrrole nitrogens is 1. The van der Waals surface area contributed by atoms with E-state index in [-0.39, 0.29) is 0 Å². The molecular weight excluding hydrogens is 246 g/mol. The van der Waals surface area contributed by atoms with Gasteiger partial charge in [-0.05, 0) is 30.7 Å². The number of pyridine rings is 1. The maximum atomic E-state index is 4.92. The van der Waals surface area contributed by atoms with Crippen LogP contribution in [-0.2, 0) is 6.42 Å². The first kappa shape index (κ1) is 11.8. The number of benzene rings is 1. The largest absolute Gasteiger partial charge is 0.356 e. The first-order valence-corrected chi connectivity index (χ1v) is 7.52. The number of nitrogens with one attached hydrogen (secondary N) is 1. The van der Waals surface area contributed by atoms with E-state index >= 15 is 0 Å². The van der Waals surface area contributed by atoms with Crippen molar-refractivity contribution < 1.29 is 0 Å². The van der Waals surface area contributed by atoms with Crippen molar-refractivity contribution in [2.75, 3.05) is 18.0 Å². The highest BCUT2D eigenvalue weighted by Gasteiger charge is 2.18. The normalized spacial score (nSPS) is 15.6. The summed E-state index contributed by atoms with van der Waals surface area (Å²) in [5.41, 5.74) is 2.29. The summed E-state index contributed by atoms with van der Waals surface area (Å²) in [7, 11) is 0. The molecule has 102 valence electrons. The molecule has 2 aromatic heterocycles. The molecule has 4 rings (SSSR count). The molecular formula is C17H19N3. The number of aromatic amines is 1. The van der Waals surface area contributed by atoms with Gasteiger partial charge >= 0.3 is 0 Å². The molecule has 3 nitrogen and oxygen atoms in total. The molecule has 1 aliphatic rings. The Bertz CT molecular complexity index is 766. The van der Waals surface area contributed by atoms with E-state index < -0.39 is 0 Å². The van der Waals surface area contributed by atoms with E-state index in [4.69, 9.17) is 4.98 Å². The zero-order chi connectivity index (χ0) is 13.5. The lowest BCUT2D eigenvalue weighted by Gasteiger charge is -2.18. The standard InChI is InChI=1S/C17H19N3/c1-2-12-11-15-13-7-3-4-8-14(13)17(19-16(15)18-12)20-9-5-6-10-20/h3-4,7-8,11H,2,5-6,9-10H2,1H3,(H,18,19). The summed E-state index contributed by atoms with van der Waals surface area (Å²) in [5, 5.41) is 3.85. The molecule has 3 heteroatoms. The lowest BCUT2D eigenvalue weighted by Crippen LogP contribution is -2.19. The van der Waals surface area contributed by atoms with Gasteiger partial charge in [0.1, 0.15) is 11.5 Å². The summed E-state index contributed by atoms with van der Waals surface area (Å²) in [6.07, 6.45) is 3.57. The van der Waals surface area contributed by atoms with Gasteiger partial charge in [-0.2, -0.15) is 0 Å². The molecule has 0 saturated carbocycles. The van der Waals surface area contributed by atoms with E-state index in [1.807, 2.05) is 0 Å². The minimum atomic E-state index is 1.02. The van der Waals surface area contributed by atoms with Crippen molar-refractivity contribution in [3.8, 4) is 0 Å². The minimum absolute atomic E-state index is 1.02. The van der Waals surface area contributed by atoms with Gasteiger partial charge < -0.3 is 9.88 Å². The van der Waals surface area contributed by atoms with E-state index in [1.54, 1.807) is 0 Å². The topological polar surface area (TPSA) is 31.9 Å². The number of anilines is 1. The summed E-state index contributed by atoms with van der Waals surface area (Å²) in [4.78, 5) is 10.8. The highest BCUT2D eigenvalue weighted by atomic mass is 15.2. The van der Waals surface area contributed by atoms with Crippen LogP contribution in [0.3, 0.4) is 0 Å². The van der Waals surface area contributed by atoms with Crippen molar-refractivity contribution >= 4 is 27.6 Å². The SMILES string of the molecule is CCc1cc2c(nc(N3CCCC3)c3ccccc32)[nH]1. The molecule has 0 atom stereocenters. The van der Waals surface area contributed by atoms with E-state index in [1.165, 1.54) is 34.7 Å². The maximum absolute atomic E-state index is 4.92. The molecule has 3 heterocycles. The molecule has 0 radical (unpaired) electrons. The Morgan fingerprint density at radius 2 is 1.85 bits per heavy atom. The Morgan fingerprint density at radius 3 is 2.60 bits per heavy atom. The summed E-state index contributed by atoms with van der Waals surface area (Å²) < 4.78 is 0. The van der Waals surface area contributed by atoms with Crippen LogP contribution in [0.25, 0.3) is 21.8 Å². The van der Waals surface area contributed by atoms with Gasteiger partial charge in [0.05, 0.1) is 0 Å². The second-order valence-electron chi connectivity index (χ2n) is 5.59. The molecule has 0 bridgehead atoms. The van der Waals surface area contributed by atoms with Gasteiger partial charge in [-0.25, -0.2) is 4.98 Å². The molecule has 0 spiro atoms. The molecule has 20 heavy (non-hydrogen) atoms. The van der Waals surface area contributed by atoms with Crippen molar-refractivity contribution in [1.82, 2.24) is 9.97 Å². The van der Waals surface area contributed by atoms with E-state index in [0.29, 0.717) is 0 Å². The maximum Gasteiger partial charge on any atom is 0.140 e. The number of fused-ring (bicyclic) bond motifs is 3. The van der Waals surface area contributed by atoms with Crippen LogP contribution in [-0.4, -0.2) is 23.1 Å². The Hall–Kier alpha value is -2.03. The Labute approximate surface area is 118 Å². The predicted molar refractivity (Wildman–Crippen MR) is 84.4 cm³/mol. The third-order valence-electron chi connectivity index (χ3n) is 4.31. The summed E-state index contributed by atoms with van der Waals surface area (Å²) in [5.74, 6) is 1.15. The fourth-order valence-corrected chi connectivity index (χ4v) is 3.23. The van der Waals surface area contributed by atoms with Gasteiger partial charge in [-0.15, -0.1) is 0 Å². The van der Waals surface area contributed by atoms with Crippen molar-refractivity contribution in [2.45, 2.75) is 26.2 Å². The first-order chi connectivity index (χ1) is 9.86. The van der Waals surface area contributed by atoms with Crippen LogP contribution in [0, 0.1) is 0 Å². The molecule has 1 aromatic carbocycles. The van der Waals surface area contributed by atoms with Crippen molar-refractivity contribution in [3.05, 3.63) is 36.0 Å². The number of aryl methyl sites for hydroxylation is 1. The quantitative estimate of drug-likeness (QED) is 0.762. The minimum Gasteiger partial charge on any atom is -0.356 e. The van der Waals surface area contributed by atoms with Gasteiger partial charge in [0, 0.05) is 29.6 Å². The highest BCUT2D eigenvalue weighted by Crippen LogP contribution is 2.33. The second kappa shape index (κ2) is 4.51. The first-order valence-electron chi connectivity index (χ1n) is 7.52. The van der Waals surface area contributed by atoms with Crippen molar-refractivity contribution in [2.24, 2.45) is 0 Å². The average molecular weight is 265 g/mol. The molecule has 0 aliphatic carbocycles. The summed E-state index contributed by atoms with van der Waals surface area (Å²) >= 11 is 0. The van der Waals surface area contributed by atoms with Gasteiger partial charge in [0.2, 0.25) is 0 Å². The molecule has 1 saturated heterocycles. The average Bonchev–Trinajstić information content (AvgIpc) is 3.15. The van der Waals surface area contributed by atoms with Gasteiger partial charge in [0.15, 0.2) is 0 Å². The molecule has 0 unspecified atom stereocenters. The van der Waals surface area contributed by atoms with E-state index in [0.717, 1.165) is 31.0 Å². The Kier molecular flexibility index (Phi) is 2.66. The Morgan fingerprint density at radius 1 is 1.10 bits per heavy atom. The van der Waals surface area contributed by atoms with E-state index in [9.17, 15) is 0 Å². The third-order valence-corrected chi connectivity index (χ3v) is 4.31. The lowest BCUT2D eigenvalue weighted by molar-refractivity contribution is 0.948. The monoisotopic (exact) mass is 265 g/mol. The van der Waals surface area contributed by atoms with Crippen LogP contribution in [0.15, 0.2) is 30.3 Å². The molecule has 0 amide bonds. The van der Waals surface area contributed by atoms with Crippen LogP contribution < -0.4 is 4.90 Å². The summed E-state index contributed by atoms with van der Waals surface area (Å²) in [6, 6.07) is 10.9. The predicted octanol–water partition coefficient (Wildman–Crippen LogP) is 3.88. The lowest BCUT2D eigenvalue weighted by atomic mass is 10.1. The van der Waals surface area contributed by atoms with Gasteiger partial charge in [-0.1, -0.05) is 31.2 Å². The zero-order valence-corrected chi connectivity index (χ0v) is 11.8. The van der Waals surface area contributed by atoms with Crippen LogP contribution in [0.4, 0.5) is 5.82 Å². The number of aromatic nitrogens is 2. The number of nitrogens with zero attached hydrogens (tertiary/aromatic N) is 2. The van der Waals surface area contributed by atoms with Crippen molar-refractivity contribution in [3.63, 3.8) is 0 Å². The second-order valence-corrected chi connectivity index (χ2v) is 5.59.